The van der Waals surface area contributed by atoms with E-state index in [2.05, 4.69) is 0 Å². The first-order chi connectivity index (χ1) is 10.6. The number of benzene rings is 2. The Morgan fingerprint density at radius 3 is 2.59 bits per heavy atom. The van der Waals surface area contributed by atoms with Crippen molar-refractivity contribution >= 4 is 5.91 Å². The van der Waals surface area contributed by atoms with E-state index in [0.717, 1.165) is 6.42 Å². The van der Waals surface area contributed by atoms with E-state index in [-0.39, 0.29) is 17.8 Å². The van der Waals surface area contributed by atoms with Gasteiger partial charge in [-0.05, 0) is 42.8 Å². The topological polar surface area (TPSA) is 55.6 Å². The lowest BCUT2D eigenvalue weighted by Gasteiger charge is -2.16. The lowest BCUT2D eigenvalue weighted by Crippen LogP contribution is -2.31. The largest absolute Gasteiger partial charge is 0.457 e. The Hall–Kier alpha value is -2.40. The Morgan fingerprint density at radius 1 is 1.18 bits per heavy atom. The molecule has 1 atom stereocenters. The minimum Gasteiger partial charge on any atom is -0.457 e. The van der Waals surface area contributed by atoms with Crippen LogP contribution in [-0.4, -0.2) is 29.9 Å². The van der Waals surface area contributed by atoms with Crippen molar-refractivity contribution in [3.05, 3.63) is 59.9 Å². The summed E-state index contributed by atoms with van der Waals surface area (Å²) >= 11 is 0. The molecule has 0 saturated carbocycles. The average molecular weight is 300 g/mol. The van der Waals surface area contributed by atoms with Crippen LogP contribution < -0.4 is 10.5 Å². The summed E-state index contributed by atoms with van der Waals surface area (Å²) in [6.07, 6.45) is 0.840. The van der Waals surface area contributed by atoms with Gasteiger partial charge in [-0.1, -0.05) is 6.07 Å². The molecule has 1 aliphatic heterocycles. The van der Waals surface area contributed by atoms with Crippen molar-refractivity contribution in [3.8, 4) is 11.5 Å². The Labute approximate surface area is 128 Å². The normalized spacial score (nSPS) is 17.5. The van der Waals surface area contributed by atoms with Gasteiger partial charge in [0.05, 0.1) is 0 Å². The lowest BCUT2D eigenvalue weighted by molar-refractivity contribution is 0.0791. The van der Waals surface area contributed by atoms with Crippen molar-refractivity contribution in [2.24, 2.45) is 5.73 Å². The predicted molar refractivity (Wildman–Crippen MR) is 81.4 cm³/mol. The Kier molecular flexibility index (Phi) is 4.06. The SMILES string of the molecule is NC1CCN(C(=O)c2ccc(Oc3cccc(F)c3)cc2)C1. The van der Waals surface area contributed by atoms with Gasteiger partial charge in [-0.15, -0.1) is 0 Å². The van der Waals surface area contributed by atoms with E-state index in [4.69, 9.17) is 10.5 Å². The fourth-order valence-electron chi connectivity index (χ4n) is 2.49. The van der Waals surface area contributed by atoms with Crippen LogP contribution in [0.3, 0.4) is 0 Å². The summed E-state index contributed by atoms with van der Waals surface area (Å²) in [6, 6.07) is 12.8. The van der Waals surface area contributed by atoms with Crippen LogP contribution in [0.25, 0.3) is 0 Å². The summed E-state index contributed by atoms with van der Waals surface area (Å²) in [5.41, 5.74) is 6.42. The molecular formula is C17H17FN2O2. The number of nitrogens with two attached hydrogens (primary N) is 1. The van der Waals surface area contributed by atoms with Gasteiger partial charge in [0.2, 0.25) is 0 Å². The standard InChI is InChI=1S/C17H17FN2O2/c18-13-2-1-3-16(10-13)22-15-6-4-12(5-7-15)17(21)20-9-8-14(19)11-20/h1-7,10,14H,8-9,11,19H2. The van der Waals surface area contributed by atoms with E-state index in [9.17, 15) is 9.18 Å². The fourth-order valence-corrected chi connectivity index (χ4v) is 2.49. The van der Waals surface area contributed by atoms with E-state index in [1.54, 1.807) is 41.3 Å². The number of rotatable bonds is 3. The Balaban J connectivity index is 1.69. The highest BCUT2D eigenvalue weighted by atomic mass is 19.1. The number of likely N-dealkylation sites (tertiary alicyclic amines) is 1. The van der Waals surface area contributed by atoms with E-state index in [1.807, 2.05) is 0 Å². The van der Waals surface area contributed by atoms with Crippen molar-refractivity contribution in [1.82, 2.24) is 4.90 Å². The molecule has 1 amide bonds. The maximum Gasteiger partial charge on any atom is 0.253 e. The zero-order chi connectivity index (χ0) is 15.5. The van der Waals surface area contributed by atoms with Gasteiger partial charge in [-0.2, -0.15) is 0 Å². The molecule has 1 unspecified atom stereocenters. The summed E-state index contributed by atoms with van der Waals surface area (Å²) in [5, 5.41) is 0. The molecule has 2 aromatic carbocycles. The van der Waals surface area contributed by atoms with Gasteiger partial charge in [-0.3, -0.25) is 4.79 Å². The van der Waals surface area contributed by atoms with Crippen LogP contribution in [0.2, 0.25) is 0 Å². The molecule has 1 heterocycles. The quantitative estimate of drug-likeness (QED) is 0.948. The monoisotopic (exact) mass is 300 g/mol. The maximum absolute atomic E-state index is 13.1. The number of amides is 1. The zero-order valence-corrected chi connectivity index (χ0v) is 12.0. The molecular weight excluding hydrogens is 283 g/mol. The summed E-state index contributed by atoms with van der Waals surface area (Å²) in [5.74, 6) is 0.602. The number of ether oxygens (including phenoxy) is 1. The minimum absolute atomic E-state index is 0.0229. The molecule has 5 heteroatoms. The highest BCUT2D eigenvalue weighted by molar-refractivity contribution is 5.94. The van der Waals surface area contributed by atoms with Crippen LogP contribution in [0, 0.1) is 5.82 Å². The lowest BCUT2D eigenvalue weighted by atomic mass is 10.2. The van der Waals surface area contributed by atoms with Crippen molar-refractivity contribution in [3.63, 3.8) is 0 Å². The molecule has 1 aliphatic rings. The molecule has 0 aromatic heterocycles. The molecule has 1 saturated heterocycles. The van der Waals surface area contributed by atoms with Crippen molar-refractivity contribution < 1.29 is 13.9 Å². The molecule has 114 valence electrons. The second-order valence-corrected chi connectivity index (χ2v) is 5.38. The molecule has 4 nitrogen and oxygen atoms in total. The number of carbonyl (C=O) groups is 1. The number of hydrogen-bond acceptors (Lipinski definition) is 3. The molecule has 0 spiro atoms. The van der Waals surface area contributed by atoms with Crippen molar-refractivity contribution in [2.45, 2.75) is 12.5 Å². The van der Waals surface area contributed by atoms with Crippen LogP contribution in [0.5, 0.6) is 11.5 Å². The first-order valence-corrected chi connectivity index (χ1v) is 7.20. The van der Waals surface area contributed by atoms with Crippen molar-refractivity contribution in [2.75, 3.05) is 13.1 Å². The number of carbonyl (C=O) groups excluding carboxylic acids is 1. The van der Waals surface area contributed by atoms with E-state index in [1.165, 1.54) is 12.1 Å². The number of nitrogens with zero attached hydrogens (tertiary/aromatic N) is 1. The van der Waals surface area contributed by atoms with Gasteiger partial charge in [0.1, 0.15) is 17.3 Å². The third-order valence-corrected chi connectivity index (χ3v) is 3.64. The van der Waals surface area contributed by atoms with Gasteiger partial charge < -0.3 is 15.4 Å². The van der Waals surface area contributed by atoms with Gasteiger partial charge in [-0.25, -0.2) is 4.39 Å². The van der Waals surface area contributed by atoms with Gasteiger partial charge in [0, 0.05) is 30.8 Å². The third-order valence-electron chi connectivity index (χ3n) is 3.64. The fraction of sp³-hybridized carbons (Fsp3) is 0.235. The molecule has 2 N–H and O–H groups in total. The highest BCUT2D eigenvalue weighted by Gasteiger charge is 2.24. The zero-order valence-electron chi connectivity index (χ0n) is 12.0. The number of halogens is 1. The van der Waals surface area contributed by atoms with Crippen LogP contribution in [0.4, 0.5) is 4.39 Å². The van der Waals surface area contributed by atoms with Gasteiger partial charge in [0.15, 0.2) is 0 Å². The minimum atomic E-state index is -0.352. The van der Waals surface area contributed by atoms with E-state index in [0.29, 0.717) is 30.2 Å². The first kappa shape index (κ1) is 14.5. The Morgan fingerprint density at radius 2 is 1.95 bits per heavy atom. The van der Waals surface area contributed by atoms with Crippen LogP contribution in [0.1, 0.15) is 16.8 Å². The molecule has 3 rings (SSSR count). The van der Waals surface area contributed by atoms with Crippen molar-refractivity contribution in [1.29, 1.82) is 0 Å². The third kappa shape index (κ3) is 3.26. The molecule has 2 aromatic rings. The van der Waals surface area contributed by atoms with Gasteiger partial charge in [0.25, 0.3) is 5.91 Å². The average Bonchev–Trinajstić information content (AvgIpc) is 2.94. The van der Waals surface area contributed by atoms with Gasteiger partial charge >= 0.3 is 0 Å². The summed E-state index contributed by atoms with van der Waals surface area (Å²) in [4.78, 5) is 14.0. The highest BCUT2D eigenvalue weighted by Crippen LogP contribution is 2.23. The summed E-state index contributed by atoms with van der Waals surface area (Å²) in [6.45, 7) is 1.29. The summed E-state index contributed by atoms with van der Waals surface area (Å²) in [7, 11) is 0. The predicted octanol–water partition coefficient (Wildman–Crippen LogP) is 2.79. The van der Waals surface area contributed by atoms with Crippen LogP contribution in [0.15, 0.2) is 48.5 Å². The smallest absolute Gasteiger partial charge is 0.253 e. The second kappa shape index (κ2) is 6.15. The molecule has 0 radical (unpaired) electrons. The maximum atomic E-state index is 13.1. The Bertz CT molecular complexity index is 673. The molecule has 0 bridgehead atoms. The van der Waals surface area contributed by atoms with E-state index < -0.39 is 0 Å². The number of hydrogen-bond donors (Lipinski definition) is 1. The van der Waals surface area contributed by atoms with E-state index >= 15 is 0 Å². The van der Waals surface area contributed by atoms with Crippen LogP contribution in [-0.2, 0) is 0 Å². The summed E-state index contributed by atoms with van der Waals surface area (Å²) < 4.78 is 18.7. The second-order valence-electron chi connectivity index (χ2n) is 5.38. The molecule has 0 aliphatic carbocycles. The molecule has 22 heavy (non-hydrogen) atoms. The first-order valence-electron chi connectivity index (χ1n) is 7.20. The molecule has 1 fully saturated rings. The van der Waals surface area contributed by atoms with Crippen LogP contribution >= 0.6 is 0 Å².